The molecule has 8 rings (SSSR count). The number of pyridine rings is 4. The van der Waals surface area contributed by atoms with Crippen LogP contribution >= 0.6 is 0 Å². The standard InChI is InChI=1S/C23H22N4O.C21H18N4O2/c1-5-21(28)18-13-17(20-8-11-25-27(20)4)23-15(3)22(14(2)12-19(23)26-18)16-6-9-24-10-7-16;1-12-10-16-20(13(2)19(12)14-4-7-22-8-5-14)15(11-17(24-16)21(26)27)18-6-9-23-25(18)3/h6-13H,5H2,1-4H3;4-11H,1-3H3,(H,26,27). The molecule has 8 aromatic rings. The first-order valence-electron chi connectivity index (χ1n) is 17.9. The van der Waals surface area contributed by atoms with E-state index in [0.29, 0.717) is 17.6 Å². The summed E-state index contributed by atoms with van der Waals surface area (Å²) in [7, 11) is 3.76. The lowest BCUT2D eigenvalue weighted by Gasteiger charge is -2.17. The highest BCUT2D eigenvalue weighted by Crippen LogP contribution is 2.39. The number of aromatic carboxylic acids is 1. The molecular formula is C44H40N8O3. The number of Topliss-reactive ketones (excluding diaryl/α,β-unsaturated/α-hetero) is 1. The van der Waals surface area contributed by atoms with Crippen LogP contribution in [0, 0.1) is 27.7 Å². The molecule has 0 aliphatic heterocycles. The average Bonchev–Trinajstić information content (AvgIpc) is 3.81. The number of fused-ring (bicyclic) bond motifs is 2. The molecule has 6 heterocycles. The predicted octanol–water partition coefficient (Wildman–Crippen LogP) is 8.92. The number of aromatic nitrogens is 8. The summed E-state index contributed by atoms with van der Waals surface area (Å²) in [6, 6.07) is 19.4. The molecule has 0 saturated carbocycles. The zero-order chi connectivity index (χ0) is 39.0. The Hall–Kier alpha value is -6.88. The van der Waals surface area contributed by atoms with E-state index >= 15 is 0 Å². The number of aryl methyl sites for hydroxylation is 6. The highest BCUT2D eigenvalue weighted by molar-refractivity contribution is 6.06. The van der Waals surface area contributed by atoms with Crippen LogP contribution in [0.3, 0.4) is 0 Å². The van der Waals surface area contributed by atoms with Crippen LogP contribution in [-0.4, -0.2) is 56.4 Å². The Morgan fingerprint density at radius 3 is 1.40 bits per heavy atom. The fourth-order valence-electron chi connectivity index (χ4n) is 7.56. The van der Waals surface area contributed by atoms with E-state index in [1.807, 2.05) is 100 Å². The van der Waals surface area contributed by atoms with E-state index in [1.54, 1.807) is 35.5 Å². The van der Waals surface area contributed by atoms with E-state index in [9.17, 15) is 14.7 Å². The maximum absolute atomic E-state index is 12.4. The van der Waals surface area contributed by atoms with Crippen LogP contribution in [0.25, 0.3) is 66.6 Å². The Balaban J connectivity index is 0.000000169. The molecule has 274 valence electrons. The van der Waals surface area contributed by atoms with E-state index in [0.717, 1.165) is 77.7 Å². The van der Waals surface area contributed by atoms with Crippen molar-refractivity contribution in [3.8, 4) is 44.8 Å². The molecule has 0 radical (unpaired) electrons. The van der Waals surface area contributed by atoms with Crippen molar-refractivity contribution >= 4 is 33.6 Å². The van der Waals surface area contributed by atoms with Gasteiger partial charge in [-0.25, -0.2) is 14.8 Å². The smallest absolute Gasteiger partial charge is 0.354 e. The van der Waals surface area contributed by atoms with Crippen molar-refractivity contribution in [3.63, 3.8) is 0 Å². The molecule has 0 atom stereocenters. The predicted molar refractivity (Wildman–Crippen MR) is 215 cm³/mol. The van der Waals surface area contributed by atoms with Gasteiger partial charge < -0.3 is 5.11 Å². The summed E-state index contributed by atoms with van der Waals surface area (Å²) in [6.07, 6.45) is 11.1. The summed E-state index contributed by atoms with van der Waals surface area (Å²) in [5.74, 6) is -1.01. The molecule has 0 saturated heterocycles. The number of carboxylic acid groups (broad SMARTS) is 1. The summed E-state index contributed by atoms with van der Waals surface area (Å²) >= 11 is 0. The third-order valence-electron chi connectivity index (χ3n) is 10.0. The quantitative estimate of drug-likeness (QED) is 0.159. The summed E-state index contributed by atoms with van der Waals surface area (Å²) in [4.78, 5) is 41.4. The highest BCUT2D eigenvalue weighted by Gasteiger charge is 2.21. The second-order valence-corrected chi connectivity index (χ2v) is 13.5. The van der Waals surface area contributed by atoms with E-state index in [1.165, 1.54) is 5.56 Å². The van der Waals surface area contributed by atoms with Gasteiger partial charge in [0.25, 0.3) is 0 Å². The van der Waals surface area contributed by atoms with Gasteiger partial charge >= 0.3 is 5.97 Å². The van der Waals surface area contributed by atoms with E-state index < -0.39 is 5.97 Å². The summed E-state index contributed by atoms with van der Waals surface area (Å²) < 4.78 is 3.58. The van der Waals surface area contributed by atoms with Crippen molar-refractivity contribution in [1.82, 2.24) is 39.5 Å². The number of carboxylic acids is 1. The van der Waals surface area contributed by atoms with Gasteiger partial charge in [0.05, 0.1) is 22.4 Å². The van der Waals surface area contributed by atoms with Crippen molar-refractivity contribution < 1.29 is 14.7 Å². The van der Waals surface area contributed by atoms with Gasteiger partial charge in [0, 0.05) is 79.6 Å². The number of carbonyl (C=O) groups is 2. The van der Waals surface area contributed by atoms with Crippen LogP contribution in [0.4, 0.5) is 0 Å². The Morgan fingerprint density at radius 1 is 0.600 bits per heavy atom. The molecule has 2 aromatic carbocycles. The molecule has 0 fully saturated rings. The normalized spacial score (nSPS) is 11.1. The zero-order valence-corrected chi connectivity index (χ0v) is 31.8. The number of carbonyl (C=O) groups excluding carboxylic acids is 1. The maximum atomic E-state index is 12.4. The Labute approximate surface area is 318 Å². The van der Waals surface area contributed by atoms with Crippen molar-refractivity contribution in [1.29, 1.82) is 0 Å². The van der Waals surface area contributed by atoms with E-state index in [-0.39, 0.29) is 11.5 Å². The maximum Gasteiger partial charge on any atom is 0.354 e. The van der Waals surface area contributed by atoms with Crippen molar-refractivity contribution in [2.24, 2.45) is 14.1 Å². The second-order valence-electron chi connectivity index (χ2n) is 13.5. The lowest BCUT2D eigenvalue weighted by molar-refractivity contribution is 0.0690. The van der Waals surface area contributed by atoms with Crippen LogP contribution < -0.4 is 0 Å². The SMILES string of the molecule is CCC(=O)c1cc(-c2ccnn2C)c2c(C)c(-c3ccncc3)c(C)cc2n1.Cc1cc2nc(C(=O)O)cc(-c3ccnn3C)c2c(C)c1-c1ccncc1. The van der Waals surface area contributed by atoms with Crippen molar-refractivity contribution in [3.05, 3.63) is 131 Å². The first kappa shape index (κ1) is 36.5. The fraction of sp³-hybridized carbons (Fsp3) is 0.182. The molecule has 0 aliphatic rings. The first-order valence-corrected chi connectivity index (χ1v) is 17.9. The minimum atomic E-state index is -1.05. The van der Waals surface area contributed by atoms with Gasteiger partial charge in [-0.2, -0.15) is 10.2 Å². The number of hydrogen-bond donors (Lipinski definition) is 1. The summed E-state index contributed by atoms with van der Waals surface area (Å²) in [5, 5.41) is 20.1. The molecular weight excluding hydrogens is 689 g/mol. The lowest BCUT2D eigenvalue weighted by Crippen LogP contribution is -2.05. The summed E-state index contributed by atoms with van der Waals surface area (Å²) in [5.41, 5.74) is 14.5. The number of rotatable bonds is 7. The molecule has 55 heavy (non-hydrogen) atoms. The number of benzene rings is 2. The molecule has 0 spiro atoms. The van der Waals surface area contributed by atoms with E-state index in [4.69, 9.17) is 4.98 Å². The van der Waals surface area contributed by atoms with E-state index in [2.05, 4.69) is 45.1 Å². The average molecular weight is 729 g/mol. The minimum absolute atomic E-state index is 0.0224. The van der Waals surface area contributed by atoms with Crippen LogP contribution in [-0.2, 0) is 14.1 Å². The van der Waals surface area contributed by atoms with Crippen molar-refractivity contribution in [2.75, 3.05) is 0 Å². The third kappa shape index (κ3) is 6.76. The Bertz CT molecular complexity index is 2750. The Morgan fingerprint density at radius 2 is 1.02 bits per heavy atom. The van der Waals surface area contributed by atoms with Crippen molar-refractivity contribution in [2.45, 2.75) is 41.0 Å². The van der Waals surface area contributed by atoms with Crippen LogP contribution in [0.15, 0.2) is 97.8 Å². The fourth-order valence-corrected chi connectivity index (χ4v) is 7.56. The van der Waals surface area contributed by atoms with Crippen LogP contribution in [0.2, 0.25) is 0 Å². The number of nitrogens with zero attached hydrogens (tertiary/aromatic N) is 8. The zero-order valence-electron chi connectivity index (χ0n) is 31.8. The first-order chi connectivity index (χ1) is 26.5. The largest absolute Gasteiger partial charge is 0.477 e. The molecule has 1 N–H and O–H groups in total. The van der Waals surface area contributed by atoms with Gasteiger partial charge in [-0.05, 0) is 133 Å². The molecule has 11 heteroatoms. The summed E-state index contributed by atoms with van der Waals surface area (Å²) in [6.45, 7) is 10.1. The molecule has 0 amide bonds. The van der Waals surface area contributed by atoms with Crippen LogP contribution in [0.5, 0.6) is 0 Å². The Kier molecular flexibility index (Phi) is 9.86. The molecule has 0 unspecified atom stereocenters. The van der Waals surface area contributed by atoms with Gasteiger partial charge in [0.1, 0.15) is 11.4 Å². The number of ketones is 1. The monoisotopic (exact) mass is 728 g/mol. The van der Waals surface area contributed by atoms with Crippen LogP contribution in [0.1, 0.15) is 56.6 Å². The molecule has 0 aliphatic carbocycles. The molecule has 6 aromatic heterocycles. The van der Waals surface area contributed by atoms with Gasteiger partial charge in [-0.1, -0.05) is 6.92 Å². The third-order valence-corrected chi connectivity index (χ3v) is 10.0. The topological polar surface area (TPSA) is 142 Å². The van der Waals surface area contributed by atoms with Gasteiger partial charge in [-0.15, -0.1) is 0 Å². The van der Waals surface area contributed by atoms with Gasteiger partial charge in [-0.3, -0.25) is 24.1 Å². The highest BCUT2D eigenvalue weighted by atomic mass is 16.4. The lowest BCUT2D eigenvalue weighted by atomic mass is 9.90. The minimum Gasteiger partial charge on any atom is -0.477 e. The molecule has 0 bridgehead atoms. The van der Waals surface area contributed by atoms with Gasteiger partial charge in [0.15, 0.2) is 5.78 Å². The number of hydrogen-bond acceptors (Lipinski definition) is 8. The van der Waals surface area contributed by atoms with Gasteiger partial charge in [0.2, 0.25) is 0 Å². The second kappa shape index (κ2) is 14.9. The molecule has 11 nitrogen and oxygen atoms in total.